The molecule has 0 aliphatic carbocycles. The average Bonchev–Trinajstić information content (AvgIpc) is 2.65. The molecule has 0 aliphatic rings. The van der Waals surface area contributed by atoms with Gasteiger partial charge in [0, 0.05) is 0 Å². The van der Waals surface area contributed by atoms with Crippen molar-refractivity contribution in [3.8, 4) is 0 Å². The zero-order chi connectivity index (χ0) is 22.7. The predicted octanol–water partition coefficient (Wildman–Crippen LogP) is 4.60. The first kappa shape index (κ1) is 24.2. The molecule has 9 heteroatoms. The van der Waals surface area contributed by atoms with Gasteiger partial charge in [-0.15, -0.1) is 0 Å². The van der Waals surface area contributed by atoms with Gasteiger partial charge in [0.1, 0.15) is 6.54 Å². The standard InChI is InChI=1S/C21H25Cl2N3O3S/c1-14(15-6-8-16(9-7-15)21(2,3)4)24-25-20(27)13-26(30(5,28)29)17-10-11-18(22)19(23)12-17/h6-12H,13H2,1-5H3,(H,25,27)/b24-14-. The van der Waals surface area contributed by atoms with Crippen LogP contribution in [-0.4, -0.2) is 32.8 Å². The van der Waals surface area contributed by atoms with Crippen molar-refractivity contribution in [2.45, 2.75) is 33.1 Å². The second-order valence-electron chi connectivity index (χ2n) is 7.93. The quantitative estimate of drug-likeness (QED) is 0.495. The predicted molar refractivity (Wildman–Crippen MR) is 124 cm³/mol. The van der Waals surface area contributed by atoms with Crippen molar-refractivity contribution in [2.75, 3.05) is 17.1 Å². The van der Waals surface area contributed by atoms with Crippen molar-refractivity contribution < 1.29 is 13.2 Å². The Kier molecular flexibility index (Phi) is 7.55. The van der Waals surface area contributed by atoms with Gasteiger partial charge in [0.25, 0.3) is 5.91 Å². The van der Waals surface area contributed by atoms with Gasteiger partial charge in [-0.25, -0.2) is 13.8 Å². The molecule has 0 unspecified atom stereocenters. The van der Waals surface area contributed by atoms with Gasteiger partial charge in [0.2, 0.25) is 10.0 Å². The lowest BCUT2D eigenvalue weighted by Crippen LogP contribution is -2.39. The summed E-state index contributed by atoms with van der Waals surface area (Å²) < 4.78 is 25.3. The molecule has 1 N–H and O–H groups in total. The number of nitrogens with one attached hydrogen (secondary N) is 1. The largest absolute Gasteiger partial charge is 0.271 e. The minimum atomic E-state index is -3.73. The number of halogens is 2. The van der Waals surface area contributed by atoms with Gasteiger partial charge in [-0.05, 0) is 41.7 Å². The van der Waals surface area contributed by atoms with Crippen LogP contribution in [0.25, 0.3) is 0 Å². The van der Waals surface area contributed by atoms with E-state index in [9.17, 15) is 13.2 Å². The van der Waals surface area contributed by atoms with Crippen LogP contribution in [0, 0.1) is 0 Å². The Bertz CT molecular complexity index is 1060. The molecule has 1 amide bonds. The number of hydrogen-bond acceptors (Lipinski definition) is 4. The number of sulfonamides is 1. The molecule has 2 aromatic carbocycles. The van der Waals surface area contributed by atoms with Gasteiger partial charge in [-0.3, -0.25) is 9.10 Å². The maximum Gasteiger partial charge on any atom is 0.260 e. The van der Waals surface area contributed by atoms with E-state index in [0.29, 0.717) is 5.71 Å². The van der Waals surface area contributed by atoms with E-state index in [4.69, 9.17) is 23.2 Å². The van der Waals surface area contributed by atoms with E-state index in [0.717, 1.165) is 16.1 Å². The Balaban J connectivity index is 2.14. The zero-order valence-corrected chi connectivity index (χ0v) is 19.9. The first-order valence-electron chi connectivity index (χ1n) is 9.16. The van der Waals surface area contributed by atoms with Gasteiger partial charge >= 0.3 is 0 Å². The number of anilines is 1. The summed E-state index contributed by atoms with van der Waals surface area (Å²) in [5.41, 5.74) is 5.33. The van der Waals surface area contributed by atoms with Crippen LogP contribution in [0.3, 0.4) is 0 Å². The molecule has 0 heterocycles. The summed E-state index contributed by atoms with van der Waals surface area (Å²) in [5, 5.41) is 4.57. The van der Waals surface area contributed by atoms with Crippen LogP contribution in [0.15, 0.2) is 47.6 Å². The fourth-order valence-electron chi connectivity index (χ4n) is 2.63. The Hall–Kier alpha value is -2.09. The van der Waals surface area contributed by atoms with E-state index in [1.165, 1.54) is 23.8 Å². The lowest BCUT2D eigenvalue weighted by atomic mass is 9.86. The molecule has 0 spiro atoms. The van der Waals surface area contributed by atoms with Crippen molar-refractivity contribution in [1.29, 1.82) is 0 Å². The first-order valence-corrected chi connectivity index (χ1v) is 11.8. The van der Waals surface area contributed by atoms with Crippen molar-refractivity contribution >= 4 is 50.5 Å². The minimum absolute atomic E-state index is 0.0391. The molecule has 0 aliphatic heterocycles. The van der Waals surface area contributed by atoms with Gasteiger partial charge in [-0.2, -0.15) is 5.10 Å². The molecule has 0 atom stereocenters. The molecule has 2 aromatic rings. The lowest BCUT2D eigenvalue weighted by molar-refractivity contribution is -0.119. The third-order valence-corrected chi connectivity index (χ3v) is 6.28. The maximum atomic E-state index is 12.4. The molecule has 2 rings (SSSR count). The molecule has 0 saturated heterocycles. The number of rotatable bonds is 6. The molecule has 6 nitrogen and oxygen atoms in total. The summed E-state index contributed by atoms with van der Waals surface area (Å²) in [6, 6.07) is 12.3. The summed E-state index contributed by atoms with van der Waals surface area (Å²) in [7, 11) is -3.73. The van der Waals surface area contributed by atoms with Gasteiger partial charge < -0.3 is 0 Å². The number of benzene rings is 2. The Labute approximate surface area is 187 Å². The highest BCUT2D eigenvalue weighted by Gasteiger charge is 2.21. The molecule has 0 bridgehead atoms. The fourth-order valence-corrected chi connectivity index (χ4v) is 3.77. The highest BCUT2D eigenvalue weighted by atomic mass is 35.5. The lowest BCUT2D eigenvalue weighted by Gasteiger charge is -2.21. The monoisotopic (exact) mass is 469 g/mol. The molecule has 0 aromatic heterocycles. The van der Waals surface area contributed by atoms with E-state index < -0.39 is 22.5 Å². The van der Waals surface area contributed by atoms with Crippen LogP contribution in [0.5, 0.6) is 0 Å². The highest BCUT2D eigenvalue weighted by molar-refractivity contribution is 7.92. The summed E-state index contributed by atoms with van der Waals surface area (Å²) in [6.45, 7) is 7.70. The van der Waals surface area contributed by atoms with Crippen LogP contribution in [-0.2, 0) is 20.2 Å². The molecule has 162 valence electrons. The molecule has 30 heavy (non-hydrogen) atoms. The summed E-state index contributed by atoms with van der Waals surface area (Å²) in [6.07, 6.45) is 1.01. The average molecular weight is 470 g/mol. The van der Waals surface area contributed by atoms with E-state index in [-0.39, 0.29) is 21.1 Å². The Morgan fingerprint density at radius 2 is 1.67 bits per heavy atom. The van der Waals surface area contributed by atoms with E-state index >= 15 is 0 Å². The zero-order valence-electron chi connectivity index (χ0n) is 17.5. The summed E-state index contributed by atoms with van der Waals surface area (Å²) in [4.78, 5) is 12.4. The molecule has 0 radical (unpaired) electrons. The molecule has 0 saturated carbocycles. The maximum absolute atomic E-state index is 12.4. The second-order valence-corrected chi connectivity index (χ2v) is 10.6. The van der Waals surface area contributed by atoms with Crippen LogP contribution in [0.2, 0.25) is 10.0 Å². The van der Waals surface area contributed by atoms with Crippen molar-refractivity contribution in [2.24, 2.45) is 5.10 Å². The number of carbonyl (C=O) groups excluding carboxylic acids is 1. The fraction of sp³-hybridized carbons (Fsp3) is 0.333. The third kappa shape index (κ3) is 6.45. The van der Waals surface area contributed by atoms with E-state index in [2.05, 4.69) is 31.3 Å². The minimum Gasteiger partial charge on any atom is -0.271 e. The Morgan fingerprint density at radius 3 is 2.17 bits per heavy atom. The SMILES string of the molecule is C/C(=N/NC(=O)CN(c1ccc(Cl)c(Cl)c1)S(C)(=O)=O)c1ccc(C(C)(C)C)cc1. The highest BCUT2D eigenvalue weighted by Crippen LogP contribution is 2.28. The number of amides is 1. The van der Waals surface area contributed by atoms with E-state index in [1.54, 1.807) is 6.92 Å². The van der Waals surface area contributed by atoms with Crippen molar-refractivity contribution in [1.82, 2.24) is 5.43 Å². The van der Waals surface area contributed by atoms with Crippen molar-refractivity contribution in [3.63, 3.8) is 0 Å². The number of hydrazone groups is 1. The van der Waals surface area contributed by atoms with Crippen molar-refractivity contribution in [3.05, 3.63) is 63.6 Å². The summed E-state index contributed by atoms with van der Waals surface area (Å²) >= 11 is 11.9. The normalized spacial score (nSPS) is 12.6. The third-order valence-electron chi connectivity index (χ3n) is 4.40. The molecular weight excluding hydrogens is 445 g/mol. The van der Waals surface area contributed by atoms with Crippen LogP contribution in [0.4, 0.5) is 5.69 Å². The Morgan fingerprint density at radius 1 is 1.07 bits per heavy atom. The molecule has 0 fully saturated rings. The van der Waals surface area contributed by atoms with Crippen LogP contribution in [0.1, 0.15) is 38.8 Å². The number of nitrogens with zero attached hydrogens (tertiary/aromatic N) is 2. The topological polar surface area (TPSA) is 78.8 Å². The van der Waals surface area contributed by atoms with Crippen LogP contribution >= 0.6 is 23.2 Å². The molecular formula is C21H25Cl2N3O3S. The summed E-state index contributed by atoms with van der Waals surface area (Å²) in [5.74, 6) is -0.586. The van der Waals surface area contributed by atoms with Gasteiger partial charge in [0.05, 0.1) is 27.7 Å². The van der Waals surface area contributed by atoms with Gasteiger partial charge in [0.15, 0.2) is 0 Å². The smallest absolute Gasteiger partial charge is 0.260 e. The number of hydrogen-bond donors (Lipinski definition) is 1. The van der Waals surface area contributed by atoms with Crippen LogP contribution < -0.4 is 9.73 Å². The number of carbonyl (C=O) groups is 1. The van der Waals surface area contributed by atoms with E-state index in [1.807, 2.05) is 24.3 Å². The van der Waals surface area contributed by atoms with Gasteiger partial charge in [-0.1, -0.05) is 68.2 Å². The second kappa shape index (κ2) is 9.37. The first-order chi connectivity index (χ1) is 13.8.